The molecule has 0 aliphatic rings. The van der Waals surface area contributed by atoms with Crippen molar-refractivity contribution in [3.8, 4) is 0 Å². The molecule has 0 aliphatic carbocycles. The third kappa shape index (κ3) is 138. The molecule has 0 unspecified atom stereocenters. The summed E-state index contributed by atoms with van der Waals surface area (Å²) in [6.45, 7) is 0. The van der Waals surface area contributed by atoms with Crippen molar-refractivity contribution in [2.75, 3.05) is 0 Å². The van der Waals surface area contributed by atoms with E-state index in [0.717, 1.165) is 0 Å². The van der Waals surface area contributed by atoms with Gasteiger partial charge in [-0.1, -0.05) is 0 Å². The molecule has 0 aromatic heterocycles. The third-order valence-corrected chi connectivity index (χ3v) is 0. The molecule has 0 aliphatic heterocycles. The van der Waals surface area contributed by atoms with E-state index >= 15 is 0 Å². The Morgan fingerprint density at radius 2 is 0.909 bits per heavy atom. The minimum absolute atomic E-state index is 0. The average Bonchev–Trinajstić information content (AvgIpc) is 0.722. The predicted octanol–water partition coefficient (Wildman–Crippen LogP) is -17.3. The smallest absolute Gasteiger partial charge is 1.00 e. The van der Waals surface area contributed by atoms with Gasteiger partial charge in [-0.05, 0) is 0 Å². The van der Waals surface area contributed by atoms with Crippen LogP contribution in [0.25, 0.3) is 0 Å². The van der Waals surface area contributed by atoms with Gasteiger partial charge in [0.15, 0.2) is 0 Å². The molecule has 2 N–H and O–H groups in total. The van der Waals surface area contributed by atoms with Crippen molar-refractivity contribution >= 4 is 7.91 Å². The fourth-order valence-corrected chi connectivity index (χ4v) is 0. The van der Waals surface area contributed by atoms with Gasteiger partial charge < -0.3 is 8.56 Å². The second-order valence-corrected chi connectivity index (χ2v) is 1.42. The molecule has 0 aromatic carbocycles. The van der Waals surface area contributed by atoms with Crippen LogP contribution in [0.2, 0.25) is 0 Å². The van der Waals surface area contributed by atoms with E-state index in [9.17, 15) is 4.20 Å². The van der Waals surface area contributed by atoms with Crippen molar-refractivity contribution in [1.82, 2.24) is 0 Å². The van der Waals surface area contributed by atoms with Crippen LogP contribution in [0.3, 0.4) is 0 Å². The van der Waals surface area contributed by atoms with Gasteiger partial charge in [0, 0.05) is 0 Å². The molecular weight excluding hydrogens is 140 g/mol. The summed E-state index contributed by atoms with van der Waals surface area (Å²) in [5.41, 5.74) is 0. The maximum atomic E-state index is 10.4. The zero-order valence-corrected chi connectivity index (χ0v) is 9.02. The summed E-state index contributed by atoms with van der Waals surface area (Å²) < 4.78 is 19.0. The van der Waals surface area contributed by atoms with Gasteiger partial charge in [0.25, 0.3) is 0 Å². The Kier molecular flexibility index (Phi) is 99.4. The Morgan fingerprint density at radius 3 is 0.909 bits per heavy atom. The molecule has 0 bridgehead atoms. The van der Waals surface area contributed by atoms with E-state index in [1.54, 1.807) is 0 Å². The first-order chi connectivity index (χ1) is 2.00. The largest absolute Gasteiger partial charge is 1.00 e. The maximum absolute atomic E-state index is 10.4. The normalized spacial score (nSPS) is 5.36. The molecule has 0 spiro atoms. The van der Waals surface area contributed by atoms with Crippen LogP contribution in [-0.2, 0) is 4.57 Å². The van der Waals surface area contributed by atoms with E-state index in [0.29, 0.717) is 0 Å². The average molecular weight is 148 g/mol. The van der Waals surface area contributed by atoms with E-state index in [2.05, 4.69) is 0 Å². The molecule has 44 valence electrons. The Labute approximate surface area is 146 Å². The second-order valence-electron chi connectivity index (χ2n) is 0.473. The van der Waals surface area contributed by atoms with Crippen molar-refractivity contribution in [1.29, 1.82) is 0 Å². The molecular formula is H8FLi6O3P. The van der Waals surface area contributed by atoms with Gasteiger partial charge >= 0.3 is 121 Å². The van der Waals surface area contributed by atoms with Gasteiger partial charge in [-0.3, -0.25) is 9.79 Å². The molecule has 0 saturated carbocycles. The molecule has 0 amide bonds. The molecule has 0 radical (unpaired) electrons. The van der Waals surface area contributed by atoms with Crippen molar-refractivity contribution in [2.45, 2.75) is 0 Å². The van der Waals surface area contributed by atoms with Crippen molar-refractivity contribution < 1.29 is 140 Å². The Hall–Kier alpha value is 3.66. The molecule has 3 nitrogen and oxygen atoms in total. The molecule has 0 aromatic rings. The van der Waals surface area contributed by atoms with Crippen molar-refractivity contribution in [3.63, 3.8) is 0 Å². The zero-order valence-electron chi connectivity index (χ0n) is 14.1. The van der Waals surface area contributed by atoms with Gasteiger partial charge in [0.1, 0.15) is 0 Å². The van der Waals surface area contributed by atoms with E-state index in [4.69, 9.17) is 14.4 Å². The van der Waals surface area contributed by atoms with Crippen LogP contribution in [0.15, 0.2) is 0 Å². The van der Waals surface area contributed by atoms with E-state index in [-0.39, 0.29) is 122 Å². The summed E-state index contributed by atoms with van der Waals surface area (Å²) in [5.74, 6) is 0. The van der Waals surface area contributed by atoms with Crippen LogP contribution in [-0.4, -0.2) is 9.79 Å². The fraction of sp³-hybridized carbons (Fsp3) is 0. The number of hydrogen-bond acceptors (Lipinski definition) is 1. The first-order valence-corrected chi connectivity index (χ1v) is 2.25. The van der Waals surface area contributed by atoms with Crippen molar-refractivity contribution in [3.05, 3.63) is 0 Å². The van der Waals surface area contributed by atoms with Crippen LogP contribution < -0.4 is 113 Å². The summed E-state index contributed by atoms with van der Waals surface area (Å²) >= 11 is 0. The quantitative estimate of drug-likeness (QED) is 0.264. The Morgan fingerprint density at radius 1 is 0.909 bits per heavy atom. The molecule has 0 fully saturated rings. The summed E-state index contributed by atoms with van der Waals surface area (Å²) in [4.78, 5) is 13.9. The molecule has 11 heavy (non-hydrogen) atoms. The summed E-state index contributed by atoms with van der Waals surface area (Å²) in [6.07, 6.45) is 0. The molecule has 0 heterocycles. The van der Waals surface area contributed by atoms with Gasteiger partial charge in [-0.2, -0.15) is 0 Å². The Balaban J connectivity index is -0.00000000121. The van der Waals surface area contributed by atoms with Crippen LogP contribution in [0.4, 0.5) is 4.20 Å². The summed E-state index contributed by atoms with van der Waals surface area (Å²) in [6, 6.07) is 0. The third-order valence-electron chi connectivity index (χ3n) is 0. The van der Waals surface area contributed by atoms with Crippen LogP contribution in [0.5, 0.6) is 0 Å². The maximum Gasteiger partial charge on any atom is 1.00 e. The van der Waals surface area contributed by atoms with Gasteiger partial charge in [0.2, 0.25) is 0 Å². The van der Waals surface area contributed by atoms with E-state index in [1.807, 2.05) is 0 Å². The molecule has 0 atom stereocenters. The van der Waals surface area contributed by atoms with Crippen molar-refractivity contribution in [2.24, 2.45) is 0 Å². The van der Waals surface area contributed by atoms with Crippen LogP contribution in [0.1, 0.15) is 8.56 Å². The zero-order chi connectivity index (χ0) is 4.50. The second kappa shape index (κ2) is 23.5. The number of halogens is 1. The van der Waals surface area contributed by atoms with E-state index < -0.39 is 7.91 Å². The predicted molar refractivity (Wildman–Crippen MR) is 19.8 cm³/mol. The monoisotopic (exact) mass is 148 g/mol. The first kappa shape index (κ1) is 46.6. The van der Waals surface area contributed by atoms with E-state index in [1.165, 1.54) is 0 Å². The van der Waals surface area contributed by atoms with Crippen LogP contribution >= 0.6 is 7.91 Å². The molecule has 11 heteroatoms. The Bertz CT molecular complexity index is 79.9. The summed E-state index contributed by atoms with van der Waals surface area (Å²) in [5, 5.41) is 0. The minimum atomic E-state index is -5.14. The fourth-order valence-electron chi connectivity index (χ4n) is 0. The number of hydrogen-bond donors (Lipinski definition) is 2. The SMILES string of the molecule is O=P(O)(O)F.[H-].[H-].[H-].[H-].[H-].[H-].[Li+].[Li+].[Li+].[Li+].[Li+].[Li+]. The topological polar surface area (TPSA) is 57.5 Å². The van der Waals surface area contributed by atoms with Gasteiger partial charge in [-0.15, -0.1) is 4.20 Å². The first-order valence-electron chi connectivity index (χ1n) is 0.752. The number of rotatable bonds is 0. The van der Waals surface area contributed by atoms with Gasteiger partial charge in [-0.25, -0.2) is 4.57 Å². The molecule has 0 saturated heterocycles. The van der Waals surface area contributed by atoms with Crippen LogP contribution in [0, 0.1) is 0 Å². The minimum Gasteiger partial charge on any atom is -1.00 e. The molecule has 0 rings (SSSR count). The van der Waals surface area contributed by atoms with Gasteiger partial charge in [0.05, 0.1) is 0 Å². The summed E-state index contributed by atoms with van der Waals surface area (Å²) in [7, 11) is -5.14. The standard InChI is InChI=1S/FH2O3P.6Li.6H/c1-5(2,3)4;;;;;;;;;;;;/h(H2,2,3,4);;;;;;;;;;;;/q;6*+1;6*-1.